The fourth-order valence-corrected chi connectivity index (χ4v) is 2.63. The first-order valence-corrected chi connectivity index (χ1v) is 8.86. The predicted octanol–water partition coefficient (Wildman–Crippen LogP) is 3.29. The van der Waals surface area contributed by atoms with Gasteiger partial charge in [0.15, 0.2) is 5.96 Å². The first-order valence-electron chi connectivity index (χ1n) is 8.86. The van der Waals surface area contributed by atoms with Crippen molar-refractivity contribution in [3.05, 3.63) is 66.8 Å². The number of aliphatic imine (C=N–C) groups is 1. The molecule has 0 saturated heterocycles. The zero-order valence-corrected chi connectivity index (χ0v) is 15.4. The van der Waals surface area contributed by atoms with Gasteiger partial charge in [-0.15, -0.1) is 6.58 Å². The van der Waals surface area contributed by atoms with Crippen LogP contribution in [0.5, 0.6) is 0 Å². The first-order chi connectivity index (χ1) is 12.2. The number of hydrogen-bond donors (Lipinski definition) is 1. The molecule has 0 saturated carbocycles. The number of rotatable bonds is 9. The van der Waals surface area contributed by atoms with Crippen molar-refractivity contribution in [2.24, 2.45) is 4.99 Å². The predicted molar refractivity (Wildman–Crippen MR) is 105 cm³/mol. The van der Waals surface area contributed by atoms with Crippen LogP contribution in [0.4, 0.5) is 0 Å². The average molecular weight is 339 g/mol. The van der Waals surface area contributed by atoms with Gasteiger partial charge in [-0.1, -0.05) is 30.3 Å². The minimum atomic E-state index is 0.673. The Bertz CT molecular complexity index is 660. The Morgan fingerprint density at radius 1 is 1.40 bits per heavy atom. The van der Waals surface area contributed by atoms with Crippen LogP contribution in [0.2, 0.25) is 0 Å². The van der Waals surface area contributed by atoms with Crippen LogP contribution >= 0.6 is 0 Å². The van der Waals surface area contributed by atoms with Crippen molar-refractivity contribution in [3.63, 3.8) is 0 Å². The SMILES string of the molecule is C=CCCCN(C)C(=NCc1cccc(Cn2ccnc2)c1)NCC. The maximum atomic E-state index is 4.79. The lowest BCUT2D eigenvalue weighted by Crippen LogP contribution is -2.39. The number of hydrogen-bond acceptors (Lipinski definition) is 2. The second-order valence-corrected chi connectivity index (χ2v) is 6.08. The van der Waals surface area contributed by atoms with Gasteiger partial charge in [-0.25, -0.2) is 9.98 Å². The van der Waals surface area contributed by atoms with Gasteiger partial charge in [0.25, 0.3) is 0 Å². The van der Waals surface area contributed by atoms with E-state index in [4.69, 9.17) is 4.99 Å². The summed E-state index contributed by atoms with van der Waals surface area (Å²) in [6, 6.07) is 8.57. The zero-order chi connectivity index (χ0) is 17.9. The lowest BCUT2D eigenvalue weighted by molar-refractivity contribution is 0.470. The van der Waals surface area contributed by atoms with Crippen LogP contribution in [0.1, 0.15) is 30.9 Å². The van der Waals surface area contributed by atoms with E-state index in [1.165, 1.54) is 11.1 Å². The summed E-state index contributed by atoms with van der Waals surface area (Å²) in [7, 11) is 2.08. The highest BCUT2D eigenvalue weighted by atomic mass is 15.3. The van der Waals surface area contributed by atoms with Gasteiger partial charge >= 0.3 is 0 Å². The Morgan fingerprint density at radius 2 is 2.24 bits per heavy atom. The summed E-state index contributed by atoms with van der Waals surface area (Å²) in [6.45, 7) is 9.22. The number of aromatic nitrogens is 2. The molecule has 1 aromatic heterocycles. The molecule has 134 valence electrons. The van der Waals surface area contributed by atoms with Crippen LogP contribution in [0.15, 0.2) is 60.6 Å². The topological polar surface area (TPSA) is 45.5 Å². The van der Waals surface area contributed by atoms with Crippen molar-refractivity contribution in [2.45, 2.75) is 32.9 Å². The van der Waals surface area contributed by atoms with Gasteiger partial charge in [0.1, 0.15) is 0 Å². The zero-order valence-electron chi connectivity index (χ0n) is 15.4. The van der Waals surface area contributed by atoms with Crippen LogP contribution in [0.3, 0.4) is 0 Å². The molecule has 0 radical (unpaired) electrons. The monoisotopic (exact) mass is 339 g/mol. The molecule has 0 fully saturated rings. The quantitative estimate of drug-likeness (QED) is 0.330. The van der Waals surface area contributed by atoms with Crippen molar-refractivity contribution >= 4 is 5.96 Å². The number of allylic oxidation sites excluding steroid dienone is 1. The molecule has 5 nitrogen and oxygen atoms in total. The minimum absolute atomic E-state index is 0.673. The third-order valence-corrected chi connectivity index (χ3v) is 3.93. The molecular formula is C20H29N5. The maximum absolute atomic E-state index is 4.79. The molecule has 25 heavy (non-hydrogen) atoms. The van der Waals surface area contributed by atoms with E-state index in [2.05, 4.69) is 64.6 Å². The smallest absolute Gasteiger partial charge is 0.193 e. The summed E-state index contributed by atoms with van der Waals surface area (Å²) < 4.78 is 2.07. The molecule has 0 atom stereocenters. The molecule has 1 heterocycles. The van der Waals surface area contributed by atoms with Gasteiger partial charge in [-0.2, -0.15) is 0 Å². The minimum Gasteiger partial charge on any atom is -0.357 e. The Morgan fingerprint density at radius 3 is 2.96 bits per heavy atom. The van der Waals surface area contributed by atoms with Crippen LogP contribution in [-0.4, -0.2) is 40.5 Å². The van der Waals surface area contributed by atoms with Gasteiger partial charge in [-0.05, 0) is 30.9 Å². The average Bonchev–Trinajstić information content (AvgIpc) is 3.12. The summed E-state index contributed by atoms with van der Waals surface area (Å²) in [6.07, 6.45) is 9.70. The molecule has 2 rings (SSSR count). The Kier molecular flexibility index (Phi) is 7.76. The van der Waals surface area contributed by atoms with Gasteiger partial charge in [0, 0.05) is 39.1 Å². The van der Waals surface area contributed by atoms with Crippen LogP contribution in [-0.2, 0) is 13.1 Å². The number of unbranched alkanes of at least 4 members (excludes halogenated alkanes) is 1. The largest absolute Gasteiger partial charge is 0.357 e. The fourth-order valence-electron chi connectivity index (χ4n) is 2.63. The molecule has 0 unspecified atom stereocenters. The highest BCUT2D eigenvalue weighted by molar-refractivity contribution is 5.79. The van der Waals surface area contributed by atoms with E-state index in [-0.39, 0.29) is 0 Å². The normalized spacial score (nSPS) is 11.4. The number of benzene rings is 1. The third kappa shape index (κ3) is 6.45. The van der Waals surface area contributed by atoms with Gasteiger partial charge < -0.3 is 14.8 Å². The fraction of sp³-hybridized carbons (Fsp3) is 0.400. The lowest BCUT2D eigenvalue weighted by Gasteiger charge is -2.21. The van der Waals surface area contributed by atoms with Crippen molar-refractivity contribution in [3.8, 4) is 0 Å². The van der Waals surface area contributed by atoms with Crippen molar-refractivity contribution in [1.82, 2.24) is 19.8 Å². The summed E-state index contributed by atoms with van der Waals surface area (Å²) in [5, 5.41) is 3.37. The Hall–Kier alpha value is -2.56. The second-order valence-electron chi connectivity index (χ2n) is 6.08. The molecular weight excluding hydrogens is 310 g/mol. The molecule has 1 N–H and O–H groups in total. The van der Waals surface area contributed by atoms with Crippen molar-refractivity contribution in [2.75, 3.05) is 20.1 Å². The van der Waals surface area contributed by atoms with Gasteiger partial charge in [0.05, 0.1) is 12.9 Å². The lowest BCUT2D eigenvalue weighted by atomic mass is 10.1. The molecule has 5 heteroatoms. The molecule has 0 amide bonds. The van der Waals surface area contributed by atoms with E-state index < -0.39 is 0 Å². The summed E-state index contributed by atoms with van der Waals surface area (Å²) in [5.74, 6) is 0.951. The molecule has 1 aromatic carbocycles. The molecule has 0 spiro atoms. The number of nitrogens with one attached hydrogen (secondary N) is 1. The second kappa shape index (κ2) is 10.3. The molecule has 2 aromatic rings. The van der Waals surface area contributed by atoms with E-state index in [1.54, 1.807) is 6.20 Å². The highest BCUT2D eigenvalue weighted by Gasteiger charge is 2.05. The van der Waals surface area contributed by atoms with E-state index in [0.29, 0.717) is 6.54 Å². The summed E-state index contributed by atoms with van der Waals surface area (Å²) in [4.78, 5) is 11.1. The Balaban J connectivity index is 1.99. The van der Waals surface area contributed by atoms with Gasteiger partial charge in [0.2, 0.25) is 0 Å². The summed E-state index contributed by atoms with van der Waals surface area (Å²) in [5.41, 5.74) is 2.47. The van der Waals surface area contributed by atoms with Crippen LogP contribution in [0.25, 0.3) is 0 Å². The van der Waals surface area contributed by atoms with Crippen molar-refractivity contribution < 1.29 is 0 Å². The van der Waals surface area contributed by atoms with E-state index in [0.717, 1.165) is 38.4 Å². The van der Waals surface area contributed by atoms with E-state index in [1.807, 2.05) is 18.6 Å². The van der Waals surface area contributed by atoms with Crippen LogP contribution < -0.4 is 5.32 Å². The number of nitrogens with zero attached hydrogens (tertiary/aromatic N) is 4. The van der Waals surface area contributed by atoms with Gasteiger partial charge in [-0.3, -0.25) is 0 Å². The third-order valence-electron chi connectivity index (χ3n) is 3.93. The molecule has 0 aliphatic carbocycles. The number of guanidine groups is 1. The summed E-state index contributed by atoms with van der Waals surface area (Å²) >= 11 is 0. The maximum Gasteiger partial charge on any atom is 0.193 e. The van der Waals surface area contributed by atoms with E-state index in [9.17, 15) is 0 Å². The highest BCUT2D eigenvalue weighted by Crippen LogP contribution is 2.09. The Labute approximate surface area is 151 Å². The van der Waals surface area contributed by atoms with Crippen molar-refractivity contribution in [1.29, 1.82) is 0 Å². The molecule has 0 aliphatic rings. The molecule has 0 bridgehead atoms. The first kappa shape index (κ1) is 18.8. The molecule has 0 aliphatic heterocycles. The standard InChI is InChI=1S/C20H29N5/c1-4-6-7-12-24(3)20(22-5-2)23-15-18-9-8-10-19(14-18)16-25-13-11-21-17-25/h4,8-11,13-14,17H,1,5-7,12,15-16H2,2-3H3,(H,22,23). The van der Waals surface area contributed by atoms with Crippen LogP contribution in [0, 0.1) is 0 Å². The van der Waals surface area contributed by atoms with E-state index >= 15 is 0 Å². The number of imidazole rings is 1.